The second-order valence-corrected chi connectivity index (χ2v) is 11.5. The summed E-state index contributed by atoms with van der Waals surface area (Å²) in [7, 11) is 0. The van der Waals surface area contributed by atoms with Crippen molar-refractivity contribution in [1.82, 2.24) is 0 Å². The van der Waals surface area contributed by atoms with E-state index in [-0.39, 0.29) is 5.41 Å². The van der Waals surface area contributed by atoms with Gasteiger partial charge in [0.1, 0.15) is 5.76 Å². The molecule has 182 valence electrons. The Labute approximate surface area is 223 Å². The van der Waals surface area contributed by atoms with Crippen molar-refractivity contribution < 1.29 is 4.74 Å². The summed E-state index contributed by atoms with van der Waals surface area (Å²) in [5.41, 5.74) is 15.9. The van der Waals surface area contributed by atoms with E-state index in [1.807, 2.05) is 6.26 Å². The maximum absolute atomic E-state index is 5.74. The molecule has 0 N–H and O–H groups in total. The first-order valence-electron chi connectivity index (χ1n) is 13.5. The van der Waals surface area contributed by atoms with Gasteiger partial charge in [0.25, 0.3) is 0 Å². The van der Waals surface area contributed by atoms with Gasteiger partial charge in [-0.25, -0.2) is 0 Å². The molecule has 0 atom stereocenters. The van der Waals surface area contributed by atoms with E-state index in [2.05, 4.69) is 118 Å². The number of benzene rings is 5. The molecular formula is C37H28O. The van der Waals surface area contributed by atoms with Crippen LogP contribution >= 0.6 is 0 Å². The Morgan fingerprint density at radius 3 is 2.26 bits per heavy atom. The molecule has 5 aromatic rings. The van der Waals surface area contributed by atoms with Crippen LogP contribution in [-0.4, -0.2) is 0 Å². The monoisotopic (exact) mass is 488 g/mol. The molecule has 2 aliphatic carbocycles. The highest BCUT2D eigenvalue weighted by Gasteiger charge is 2.35. The zero-order chi connectivity index (χ0) is 25.6. The maximum Gasteiger partial charge on any atom is 0.108 e. The molecule has 5 aromatic carbocycles. The van der Waals surface area contributed by atoms with Crippen LogP contribution in [0.5, 0.6) is 0 Å². The van der Waals surface area contributed by atoms with Crippen molar-refractivity contribution >= 4 is 16.8 Å². The zero-order valence-corrected chi connectivity index (χ0v) is 21.9. The molecule has 3 aliphatic rings. The predicted molar refractivity (Wildman–Crippen MR) is 159 cm³/mol. The third-order valence-electron chi connectivity index (χ3n) is 8.75. The molecule has 0 aromatic heterocycles. The molecule has 0 radical (unpaired) electrons. The SMILES string of the molecule is CC1=CO/C(=C/c2ccc3c(c2)-c2cccc4c(-c5ccc6c(c5)C(C)(C)c5ccccc5-6)ccc-3c24)C1. The minimum atomic E-state index is -0.00492. The summed E-state index contributed by atoms with van der Waals surface area (Å²) in [6.45, 7) is 6.82. The average Bonchev–Trinajstić information content (AvgIpc) is 3.56. The smallest absolute Gasteiger partial charge is 0.108 e. The van der Waals surface area contributed by atoms with Crippen LogP contribution in [0, 0.1) is 0 Å². The van der Waals surface area contributed by atoms with E-state index in [0.717, 1.165) is 12.2 Å². The van der Waals surface area contributed by atoms with Gasteiger partial charge in [-0.3, -0.25) is 0 Å². The largest absolute Gasteiger partial charge is 0.469 e. The minimum Gasteiger partial charge on any atom is -0.469 e. The number of allylic oxidation sites excluding steroid dienone is 1. The second kappa shape index (κ2) is 7.58. The molecule has 0 saturated heterocycles. The molecule has 8 rings (SSSR count). The Hall–Kier alpha value is -4.36. The molecule has 0 spiro atoms. The predicted octanol–water partition coefficient (Wildman–Crippen LogP) is 10.1. The van der Waals surface area contributed by atoms with Gasteiger partial charge in [0.2, 0.25) is 0 Å². The van der Waals surface area contributed by atoms with Crippen LogP contribution in [0.25, 0.3) is 61.4 Å². The number of hydrogen-bond acceptors (Lipinski definition) is 1. The van der Waals surface area contributed by atoms with Crippen molar-refractivity contribution in [2.75, 3.05) is 0 Å². The highest BCUT2D eigenvalue weighted by Crippen LogP contribution is 2.52. The number of hydrogen-bond donors (Lipinski definition) is 0. The lowest BCUT2D eigenvalue weighted by Gasteiger charge is -2.22. The number of ether oxygens (including phenoxy) is 1. The molecule has 38 heavy (non-hydrogen) atoms. The average molecular weight is 489 g/mol. The van der Waals surface area contributed by atoms with E-state index in [1.54, 1.807) is 0 Å². The summed E-state index contributed by atoms with van der Waals surface area (Å²) in [6, 6.07) is 34.2. The summed E-state index contributed by atoms with van der Waals surface area (Å²) in [4.78, 5) is 0. The van der Waals surface area contributed by atoms with Gasteiger partial charge in [0.15, 0.2) is 0 Å². The fraction of sp³-hybridized carbons (Fsp3) is 0.135. The number of rotatable bonds is 2. The molecular weight excluding hydrogens is 460 g/mol. The topological polar surface area (TPSA) is 9.23 Å². The lowest BCUT2D eigenvalue weighted by atomic mass is 9.81. The lowest BCUT2D eigenvalue weighted by molar-refractivity contribution is 0.372. The van der Waals surface area contributed by atoms with Crippen molar-refractivity contribution in [2.45, 2.75) is 32.6 Å². The molecule has 0 fully saturated rings. The zero-order valence-electron chi connectivity index (χ0n) is 21.9. The van der Waals surface area contributed by atoms with E-state index in [0.29, 0.717) is 0 Å². The molecule has 0 amide bonds. The summed E-state index contributed by atoms with van der Waals surface area (Å²) in [5.74, 6) is 1.01. The Morgan fingerprint density at radius 1 is 0.658 bits per heavy atom. The van der Waals surface area contributed by atoms with E-state index < -0.39 is 0 Å². The fourth-order valence-electron chi connectivity index (χ4n) is 6.89. The first-order valence-corrected chi connectivity index (χ1v) is 13.5. The Bertz CT molecular complexity index is 1900. The van der Waals surface area contributed by atoms with Gasteiger partial charge < -0.3 is 4.74 Å². The lowest BCUT2D eigenvalue weighted by Crippen LogP contribution is -2.14. The van der Waals surface area contributed by atoms with Gasteiger partial charge in [-0.05, 0) is 103 Å². The van der Waals surface area contributed by atoms with Crippen LogP contribution in [0.1, 0.15) is 43.9 Å². The normalized spacial score (nSPS) is 16.8. The summed E-state index contributed by atoms with van der Waals surface area (Å²) in [5, 5.41) is 2.69. The van der Waals surface area contributed by atoms with E-state index in [1.165, 1.54) is 77.5 Å². The molecule has 0 bridgehead atoms. The van der Waals surface area contributed by atoms with Gasteiger partial charge in [0.05, 0.1) is 6.26 Å². The Balaban J connectivity index is 1.26. The maximum atomic E-state index is 5.74. The first-order chi connectivity index (χ1) is 18.5. The van der Waals surface area contributed by atoms with Crippen molar-refractivity contribution in [2.24, 2.45) is 0 Å². The summed E-state index contributed by atoms with van der Waals surface area (Å²) < 4.78 is 5.74. The van der Waals surface area contributed by atoms with Crippen LogP contribution in [0.3, 0.4) is 0 Å². The van der Waals surface area contributed by atoms with Crippen molar-refractivity contribution in [3.63, 3.8) is 0 Å². The third kappa shape index (κ3) is 2.93. The van der Waals surface area contributed by atoms with Crippen LogP contribution in [-0.2, 0) is 10.2 Å². The minimum absolute atomic E-state index is 0.00492. The number of fused-ring (bicyclic) bond motifs is 6. The quantitative estimate of drug-likeness (QED) is 0.236. The van der Waals surface area contributed by atoms with E-state index in [4.69, 9.17) is 4.74 Å². The molecule has 1 aliphatic heterocycles. The van der Waals surface area contributed by atoms with Gasteiger partial charge in [-0.2, -0.15) is 0 Å². The molecule has 1 nitrogen and oxygen atoms in total. The van der Waals surface area contributed by atoms with Crippen LogP contribution < -0.4 is 0 Å². The van der Waals surface area contributed by atoms with Gasteiger partial charge >= 0.3 is 0 Å². The Morgan fingerprint density at radius 2 is 1.39 bits per heavy atom. The van der Waals surface area contributed by atoms with E-state index in [9.17, 15) is 0 Å². The summed E-state index contributed by atoms with van der Waals surface area (Å²) >= 11 is 0. The highest BCUT2D eigenvalue weighted by atomic mass is 16.5. The molecule has 1 heterocycles. The fourth-order valence-corrected chi connectivity index (χ4v) is 6.89. The van der Waals surface area contributed by atoms with Crippen LogP contribution in [0.2, 0.25) is 0 Å². The van der Waals surface area contributed by atoms with Crippen molar-refractivity contribution in [1.29, 1.82) is 0 Å². The Kier molecular flexibility index (Phi) is 4.33. The second-order valence-electron chi connectivity index (χ2n) is 11.5. The van der Waals surface area contributed by atoms with Gasteiger partial charge in [0, 0.05) is 11.8 Å². The van der Waals surface area contributed by atoms with E-state index >= 15 is 0 Å². The standard InChI is InChI=1S/C37H28O/c1-22-17-25(38-21-22)18-23-11-13-27-32-16-15-26(30-8-6-9-31(36(30)32)33(27)19-23)24-12-14-29-28-7-4-5-10-34(28)37(2,3)35(29)20-24/h4-16,18-21H,17H2,1-3H3/b25-18+. The molecule has 1 heteroatoms. The van der Waals surface area contributed by atoms with Crippen molar-refractivity contribution in [3.05, 3.63) is 125 Å². The first kappa shape index (κ1) is 21.7. The molecule has 0 saturated carbocycles. The van der Waals surface area contributed by atoms with Gasteiger partial charge in [-0.15, -0.1) is 0 Å². The van der Waals surface area contributed by atoms with Crippen LogP contribution in [0.15, 0.2) is 109 Å². The van der Waals surface area contributed by atoms with Crippen LogP contribution in [0.4, 0.5) is 0 Å². The summed E-state index contributed by atoms with van der Waals surface area (Å²) in [6.07, 6.45) is 4.92. The molecule has 0 unspecified atom stereocenters. The van der Waals surface area contributed by atoms with Crippen molar-refractivity contribution in [3.8, 4) is 44.5 Å². The highest BCUT2D eigenvalue weighted by molar-refractivity contribution is 6.18. The third-order valence-corrected chi connectivity index (χ3v) is 8.75. The van der Waals surface area contributed by atoms with Gasteiger partial charge in [-0.1, -0.05) is 92.7 Å².